The zero-order valence-electron chi connectivity index (χ0n) is 17.3. The van der Waals surface area contributed by atoms with E-state index in [1.807, 2.05) is 20.8 Å². The van der Waals surface area contributed by atoms with Crippen LogP contribution in [0.3, 0.4) is 0 Å². The number of aliphatic hydroxyl groups excluding tert-OH is 1. The topological polar surface area (TPSA) is 146 Å². The van der Waals surface area contributed by atoms with E-state index in [9.17, 15) is 19.5 Å². The first-order valence-electron chi connectivity index (χ1n) is 9.11. The number of carboxylic acids is 2. The molecule has 0 saturated carbocycles. The van der Waals surface area contributed by atoms with Crippen molar-refractivity contribution in [2.75, 3.05) is 13.2 Å². The summed E-state index contributed by atoms with van der Waals surface area (Å²) in [5.41, 5.74) is 0.370. The van der Waals surface area contributed by atoms with E-state index < -0.39 is 18.0 Å². The number of hydrogen-bond donors (Lipinski definition) is 4. The summed E-state index contributed by atoms with van der Waals surface area (Å²) in [6.45, 7) is 8.46. The van der Waals surface area contributed by atoms with Gasteiger partial charge in [-0.15, -0.1) is 0 Å². The Bertz CT molecular complexity index is 940. The number of aliphatic hydroxyl groups is 1. The molecule has 1 heterocycles. The lowest BCUT2D eigenvalue weighted by atomic mass is 10.1. The Morgan fingerprint density at radius 1 is 1.17 bits per heavy atom. The summed E-state index contributed by atoms with van der Waals surface area (Å²) in [6.07, 6.45) is 0.504. The Hall–Kier alpha value is -3.17. The predicted octanol–water partition coefficient (Wildman–Crippen LogP) is 1.94. The third-order valence-corrected chi connectivity index (χ3v) is 3.50. The zero-order valence-corrected chi connectivity index (χ0v) is 17.3. The van der Waals surface area contributed by atoms with Gasteiger partial charge in [-0.3, -0.25) is 4.79 Å². The summed E-state index contributed by atoms with van der Waals surface area (Å²) in [6, 6.07) is 6.52. The highest BCUT2D eigenvalue weighted by atomic mass is 16.5. The molecule has 1 aromatic heterocycles. The van der Waals surface area contributed by atoms with Crippen LogP contribution < -0.4 is 15.5 Å². The molecule has 0 aliphatic carbocycles. The average Bonchev–Trinajstić information content (AvgIpc) is 2.62. The first-order valence-corrected chi connectivity index (χ1v) is 9.11. The van der Waals surface area contributed by atoms with Crippen LogP contribution in [0, 0.1) is 6.92 Å². The first-order chi connectivity index (χ1) is 13.9. The predicted molar refractivity (Wildman–Crippen MR) is 111 cm³/mol. The van der Waals surface area contributed by atoms with E-state index in [4.69, 9.17) is 19.4 Å². The van der Waals surface area contributed by atoms with Crippen LogP contribution in [0.5, 0.6) is 5.75 Å². The van der Waals surface area contributed by atoms with E-state index in [0.29, 0.717) is 41.2 Å². The molecule has 9 heteroatoms. The summed E-state index contributed by atoms with van der Waals surface area (Å²) < 4.78 is 11.1. The molecule has 0 amide bonds. The average molecular weight is 421 g/mol. The fourth-order valence-corrected chi connectivity index (χ4v) is 2.16. The van der Waals surface area contributed by atoms with E-state index in [0.717, 1.165) is 0 Å². The lowest BCUT2D eigenvalue weighted by molar-refractivity contribution is -0.134. The number of aliphatic carboxylic acids is 2. The van der Waals surface area contributed by atoms with Gasteiger partial charge < -0.3 is 29.8 Å². The van der Waals surface area contributed by atoms with Crippen LogP contribution in [0.15, 0.2) is 45.6 Å². The van der Waals surface area contributed by atoms with Crippen molar-refractivity contribution in [1.29, 1.82) is 0 Å². The number of β-amino-alcohol motifs (C(OH)–C–C–N with tert-alkyl or cyclic N) is 1. The number of rotatable bonds is 7. The van der Waals surface area contributed by atoms with Crippen LogP contribution in [0.2, 0.25) is 0 Å². The number of aryl methyl sites for hydroxylation is 1. The van der Waals surface area contributed by atoms with Crippen molar-refractivity contribution in [3.05, 3.63) is 52.4 Å². The van der Waals surface area contributed by atoms with Crippen LogP contribution in [0.4, 0.5) is 0 Å². The largest absolute Gasteiger partial charge is 0.491 e. The normalized spacial score (nSPS) is 12.3. The summed E-state index contributed by atoms with van der Waals surface area (Å²) >= 11 is 0. The molecule has 0 aliphatic rings. The van der Waals surface area contributed by atoms with Gasteiger partial charge in [-0.2, -0.15) is 0 Å². The minimum atomic E-state index is -1.26. The summed E-state index contributed by atoms with van der Waals surface area (Å²) in [7, 11) is 0. The Labute approximate surface area is 173 Å². The van der Waals surface area contributed by atoms with E-state index in [1.54, 1.807) is 25.1 Å². The van der Waals surface area contributed by atoms with Crippen molar-refractivity contribution in [2.45, 2.75) is 39.3 Å². The quantitative estimate of drug-likeness (QED) is 0.492. The van der Waals surface area contributed by atoms with Gasteiger partial charge in [0.1, 0.15) is 29.8 Å². The lowest BCUT2D eigenvalue weighted by Gasteiger charge is -2.22. The molecule has 1 atom stereocenters. The van der Waals surface area contributed by atoms with Crippen molar-refractivity contribution in [1.82, 2.24) is 5.32 Å². The number of carboxylic acid groups (broad SMARTS) is 2. The monoisotopic (exact) mass is 421 g/mol. The molecule has 2 rings (SSSR count). The van der Waals surface area contributed by atoms with E-state index >= 15 is 0 Å². The Balaban J connectivity index is 0.000000479. The first kappa shape index (κ1) is 24.9. The number of fused-ring (bicyclic) bond motifs is 1. The second kappa shape index (κ2) is 11.1. The van der Waals surface area contributed by atoms with Gasteiger partial charge in [0.25, 0.3) is 0 Å². The molecule has 0 spiro atoms. The number of benzene rings is 1. The second-order valence-electron chi connectivity index (χ2n) is 7.48. The molecule has 0 aliphatic heterocycles. The van der Waals surface area contributed by atoms with Crippen LogP contribution >= 0.6 is 0 Å². The fourth-order valence-electron chi connectivity index (χ4n) is 2.16. The van der Waals surface area contributed by atoms with Crippen molar-refractivity contribution in [3.63, 3.8) is 0 Å². The van der Waals surface area contributed by atoms with Gasteiger partial charge in [-0.25, -0.2) is 9.59 Å². The molecule has 1 aromatic carbocycles. The van der Waals surface area contributed by atoms with Crippen LogP contribution in [-0.2, 0) is 9.59 Å². The smallest absolute Gasteiger partial charge is 0.328 e. The molecule has 164 valence electrons. The van der Waals surface area contributed by atoms with Gasteiger partial charge in [-0.1, -0.05) is 0 Å². The van der Waals surface area contributed by atoms with Crippen molar-refractivity contribution >= 4 is 22.9 Å². The highest BCUT2D eigenvalue weighted by Crippen LogP contribution is 2.19. The Kier molecular flexibility index (Phi) is 9.22. The SMILES string of the molecule is Cc1cc(=O)c2ccc(OCC(O)CNC(C)(C)C)cc2o1.O=C(O)/C=C\C(=O)O. The summed E-state index contributed by atoms with van der Waals surface area (Å²) in [4.78, 5) is 30.9. The van der Waals surface area contributed by atoms with E-state index in [-0.39, 0.29) is 17.6 Å². The maximum Gasteiger partial charge on any atom is 0.328 e. The van der Waals surface area contributed by atoms with Crippen LogP contribution in [-0.4, -0.2) is 52.1 Å². The number of ether oxygens (including phenoxy) is 1. The highest BCUT2D eigenvalue weighted by Gasteiger charge is 2.13. The molecule has 0 radical (unpaired) electrons. The summed E-state index contributed by atoms with van der Waals surface area (Å²) in [5, 5.41) is 29.3. The minimum Gasteiger partial charge on any atom is -0.491 e. The van der Waals surface area contributed by atoms with Gasteiger partial charge in [0.15, 0.2) is 5.43 Å². The highest BCUT2D eigenvalue weighted by molar-refractivity contribution is 5.89. The third kappa shape index (κ3) is 9.85. The summed E-state index contributed by atoms with van der Waals surface area (Å²) in [5.74, 6) is -1.39. The number of carbonyl (C=O) groups is 2. The molecule has 0 bridgehead atoms. The molecule has 9 nitrogen and oxygen atoms in total. The van der Waals surface area contributed by atoms with Gasteiger partial charge in [-0.05, 0) is 39.8 Å². The minimum absolute atomic E-state index is 0.0507. The second-order valence-corrected chi connectivity index (χ2v) is 7.48. The molecular weight excluding hydrogens is 394 g/mol. The van der Waals surface area contributed by atoms with Gasteiger partial charge in [0, 0.05) is 36.4 Å². The lowest BCUT2D eigenvalue weighted by Crippen LogP contribution is -2.42. The Morgan fingerprint density at radius 3 is 2.30 bits per heavy atom. The molecule has 0 fully saturated rings. The van der Waals surface area contributed by atoms with Crippen molar-refractivity contribution < 1.29 is 34.1 Å². The maximum absolute atomic E-state index is 11.8. The van der Waals surface area contributed by atoms with Crippen LogP contribution in [0.1, 0.15) is 26.5 Å². The number of hydrogen-bond acceptors (Lipinski definition) is 7. The molecule has 4 N–H and O–H groups in total. The standard InChI is InChI=1S/C17H23NO4.C4H4O4/c1-11-7-15(20)14-6-5-13(8-16(14)22-11)21-10-12(19)9-18-17(2,3)4;5-3(6)1-2-4(7)8/h5-8,12,18-19H,9-10H2,1-4H3;1-2H,(H,5,6)(H,7,8)/b;2-1-. The van der Waals surface area contributed by atoms with Gasteiger partial charge >= 0.3 is 11.9 Å². The van der Waals surface area contributed by atoms with E-state index in [2.05, 4.69) is 5.32 Å². The third-order valence-electron chi connectivity index (χ3n) is 3.50. The molecule has 30 heavy (non-hydrogen) atoms. The maximum atomic E-state index is 11.8. The zero-order chi connectivity index (χ0) is 22.9. The Morgan fingerprint density at radius 2 is 1.77 bits per heavy atom. The van der Waals surface area contributed by atoms with Crippen molar-refractivity contribution in [2.24, 2.45) is 0 Å². The van der Waals surface area contributed by atoms with Crippen molar-refractivity contribution in [3.8, 4) is 5.75 Å². The molecule has 0 saturated heterocycles. The molecule has 1 unspecified atom stereocenters. The fraction of sp³-hybridized carbons (Fsp3) is 0.381. The van der Waals surface area contributed by atoms with Gasteiger partial charge in [0.05, 0.1) is 5.39 Å². The van der Waals surface area contributed by atoms with E-state index in [1.165, 1.54) is 6.07 Å². The molecular formula is C21H27NO8. The van der Waals surface area contributed by atoms with Gasteiger partial charge in [0.2, 0.25) is 0 Å². The molecule has 2 aromatic rings. The number of nitrogens with one attached hydrogen (secondary N) is 1. The van der Waals surface area contributed by atoms with Crippen LogP contribution in [0.25, 0.3) is 11.0 Å².